The van der Waals surface area contributed by atoms with Crippen LogP contribution in [0.1, 0.15) is 25.7 Å². The molecule has 0 bridgehead atoms. The van der Waals surface area contributed by atoms with Crippen LogP contribution in [0.25, 0.3) is 0 Å². The number of nitrogen functional groups attached to an aromatic ring is 1. The number of nitrogens with two attached hydrogens (primary N) is 1. The molecule has 88 valence electrons. The monoisotopic (exact) mass is 224 g/mol. The van der Waals surface area contributed by atoms with Gasteiger partial charge in [-0.1, -0.05) is 0 Å². The highest BCUT2D eigenvalue weighted by Gasteiger charge is 2.19. The van der Waals surface area contributed by atoms with Crippen LogP contribution in [0.2, 0.25) is 0 Å². The van der Waals surface area contributed by atoms with Gasteiger partial charge in [-0.15, -0.1) is 0 Å². The van der Waals surface area contributed by atoms with Gasteiger partial charge >= 0.3 is 0 Å². The van der Waals surface area contributed by atoms with Crippen molar-refractivity contribution >= 4 is 11.4 Å². The molecule has 0 aliphatic heterocycles. The summed E-state index contributed by atoms with van der Waals surface area (Å²) in [7, 11) is 0. The van der Waals surface area contributed by atoms with Crippen molar-refractivity contribution in [2.24, 2.45) is 0 Å². The van der Waals surface area contributed by atoms with Gasteiger partial charge in [-0.2, -0.15) is 0 Å². The molecule has 2 rings (SSSR count). The quantitative estimate of drug-likeness (QED) is 0.674. The van der Waals surface area contributed by atoms with Crippen LogP contribution >= 0.6 is 0 Å². The maximum Gasteiger partial charge on any atom is 0.125 e. The molecule has 1 aromatic rings. The van der Waals surface area contributed by atoms with E-state index >= 15 is 0 Å². The molecule has 0 heterocycles. The van der Waals surface area contributed by atoms with Crippen molar-refractivity contribution in [1.29, 1.82) is 0 Å². The van der Waals surface area contributed by atoms with Crippen LogP contribution in [-0.4, -0.2) is 17.3 Å². The molecule has 0 aromatic heterocycles. The Hall–Kier alpha value is -1.29. The predicted octanol–water partition coefficient (Wildman–Crippen LogP) is 2.12. The molecule has 1 fully saturated rings. The Morgan fingerprint density at radius 1 is 1.25 bits per heavy atom. The van der Waals surface area contributed by atoms with Crippen molar-refractivity contribution in [3.05, 3.63) is 24.0 Å². The van der Waals surface area contributed by atoms with Crippen LogP contribution in [0.3, 0.4) is 0 Å². The molecule has 0 atom stereocenters. The first kappa shape index (κ1) is 11.2. The number of hydrogen-bond acceptors (Lipinski definition) is 3. The predicted molar refractivity (Wildman–Crippen MR) is 62.7 cm³/mol. The largest absolute Gasteiger partial charge is 0.397 e. The van der Waals surface area contributed by atoms with Crippen LogP contribution < -0.4 is 11.1 Å². The molecule has 3 nitrogen and oxygen atoms in total. The van der Waals surface area contributed by atoms with E-state index in [1.54, 1.807) is 6.07 Å². The minimum absolute atomic E-state index is 0.163. The molecule has 16 heavy (non-hydrogen) atoms. The first-order valence-electron chi connectivity index (χ1n) is 5.65. The minimum Gasteiger partial charge on any atom is -0.397 e. The van der Waals surface area contributed by atoms with Gasteiger partial charge in [0, 0.05) is 6.04 Å². The maximum atomic E-state index is 12.8. The van der Waals surface area contributed by atoms with Gasteiger partial charge in [0.2, 0.25) is 0 Å². The summed E-state index contributed by atoms with van der Waals surface area (Å²) in [4.78, 5) is 0. The fraction of sp³-hybridized carbons (Fsp3) is 0.500. The number of rotatable bonds is 2. The third-order valence-electron chi connectivity index (χ3n) is 3.07. The summed E-state index contributed by atoms with van der Waals surface area (Å²) in [5.41, 5.74) is 6.93. The summed E-state index contributed by atoms with van der Waals surface area (Å²) in [6.45, 7) is 0. The van der Waals surface area contributed by atoms with Gasteiger partial charge in [0.15, 0.2) is 0 Å². The standard InChI is InChI=1S/C12H17FN2O/c13-8-1-6-12(11(14)7-8)15-9-2-4-10(16)5-3-9/h1,6-7,9-10,15-16H,2-5,14H2. The van der Waals surface area contributed by atoms with E-state index in [-0.39, 0.29) is 11.9 Å². The summed E-state index contributed by atoms with van der Waals surface area (Å²) < 4.78 is 12.8. The summed E-state index contributed by atoms with van der Waals surface area (Å²) in [6.07, 6.45) is 3.33. The van der Waals surface area contributed by atoms with Crippen LogP contribution in [0.5, 0.6) is 0 Å². The minimum atomic E-state index is -0.317. The Balaban J connectivity index is 1.98. The number of benzene rings is 1. The van der Waals surface area contributed by atoms with Gasteiger partial charge in [-0.05, 0) is 43.9 Å². The number of halogens is 1. The van der Waals surface area contributed by atoms with Crippen LogP contribution in [0.15, 0.2) is 18.2 Å². The van der Waals surface area contributed by atoms with E-state index in [9.17, 15) is 9.50 Å². The molecule has 4 heteroatoms. The second-order valence-electron chi connectivity index (χ2n) is 4.38. The highest BCUT2D eigenvalue weighted by atomic mass is 19.1. The lowest BCUT2D eigenvalue weighted by Gasteiger charge is -2.27. The number of aliphatic hydroxyl groups is 1. The van der Waals surface area contributed by atoms with E-state index < -0.39 is 0 Å². The third kappa shape index (κ3) is 2.64. The summed E-state index contributed by atoms with van der Waals surface area (Å²) in [5, 5.41) is 12.7. The summed E-state index contributed by atoms with van der Waals surface area (Å²) in [5.74, 6) is -0.317. The Morgan fingerprint density at radius 3 is 2.56 bits per heavy atom. The van der Waals surface area contributed by atoms with E-state index in [2.05, 4.69) is 5.32 Å². The Morgan fingerprint density at radius 2 is 1.94 bits per heavy atom. The van der Waals surface area contributed by atoms with Crippen LogP contribution in [-0.2, 0) is 0 Å². The first-order valence-corrected chi connectivity index (χ1v) is 5.65. The molecule has 4 N–H and O–H groups in total. The zero-order chi connectivity index (χ0) is 11.5. The SMILES string of the molecule is Nc1cc(F)ccc1NC1CCC(O)CC1. The molecule has 1 aliphatic rings. The van der Waals surface area contributed by atoms with Gasteiger partial charge in [0.1, 0.15) is 5.82 Å². The fourth-order valence-electron chi connectivity index (χ4n) is 2.11. The topological polar surface area (TPSA) is 58.3 Å². The van der Waals surface area contributed by atoms with E-state index in [1.807, 2.05) is 0 Å². The van der Waals surface area contributed by atoms with Crippen molar-refractivity contribution in [3.63, 3.8) is 0 Å². The van der Waals surface area contributed by atoms with Crippen molar-refractivity contribution in [3.8, 4) is 0 Å². The van der Waals surface area contributed by atoms with Crippen molar-refractivity contribution in [1.82, 2.24) is 0 Å². The smallest absolute Gasteiger partial charge is 0.125 e. The third-order valence-corrected chi connectivity index (χ3v) is 3.07. The van der Waals surface area contributed by atoms with Crippen LogP contribution in [0, 0.1) is 5.82 Å². The average Bonchev–Trinajstić information content (AvgIpc) is 2.25. The van der Waals surface area contributed by atoms with Gasteiger partial charge in [0.25, 0.3) is 0 Å². The zero-order valence-electron chi connectivity index (χ0n) is 9.12. The number of nitrogens with one attached hydrogen (secondary N) is 1. The maximum absolute atomic E-state index is 12.8. The lowest BCUT2D eigenvalue weighted by molar-refractivity contribution is 0.126. The number of aliphatic hydroxyl groups excluding tert-OH is 1. The number of anilines is 2. The van der Waals surface area contributed by atoms with E-state index in [0.717, 1.165) is 31.4 Å². The normalized spacial score (nSPS) is 25.4. The van der Waals surface area contributed by atoms with Gasteiger partial charge in [-0.25, -0.2) is 4.39 Å². The van der Waals surface area contributed by atoms with Gasteiger partial charge in [0.05, 0.1) is 17.5 Å². The molecule has 0 radical (unpaired) electrons. The average molecular weight is 224 g/mol. The second-order valence-corrected chi connectivity index (χ2v) is 4.38. The van der Waals surface area contributed by atoms with Gasteiger partial charge < -0.3 is 16.2 Å². The highest BCUT2D eigenvalue weighted by molar-refractivity contribution is 5.66. The highest BCUT2D eigenvalue weighted by Crippen LogP contribution is 2.25. The lowest BCUT2D eigenvalue weighted by Crippen LogP contribution is -2.28. The van der Waals surface area contributed by atoms with E-state index in [1.165, 1.54) is 12.1 Å². The van der Waals surface area contributed by atoms with Crippen LogP contribution in [0.4, 0.5) is 15.8 Å². The molecule has 0 spiro atoms. The molecule has 1 aromatic carbocycles. The molecule has 1 aliphatic carbocycles. The molecule has 0 unspecified atom stereocenters. The molecular weight excluding hydrogens is 207 g/mol. The molecule has 0 saturated heterocycles. The van der Waals surface area contributed by atoms with Gasteiger partial charge in [-0.3, -0.25) is 0 Å². The second kappa shape index (κ2) is 4.70. The number of hydrogen-bond donors (Lipinski definition) is 3. The summed E-state index contributed by atoms with van der Waals surface area (Å²) in [6, 6.07) is 4.71. The summed E-state index contributed by atoms with van der Waals surface area (Å²) >= 11 is 0. The Bertz CT molecular complexity index is 362. The Kier molecular flexibility index (Phi) is 3.29. The first-order chi connectivity index (χ1) is 7.65. The Labute approximate surface area is 94.5 Å². The molecule has 0 amide bonds. The van der Waals surface area contributed by atoms with Crippen molar-refractivity contribution in [2.45, 2.75) is 37.8 Å². The van der Waals surface area contributed by atoms with E-state index in [4.69, 9.17) is 5.73 Å². The molecular formula is C12H17FN2O. The lowest BCUT2D eigenvalue weighted by atomic mass is 9.93. The zero-order valence-corrected chi connectivity index (χ0v) is 9.12. The van der Waals surface area contributed by atoms with Crippen molar-refractivity contribution < 1.29 is 9.50 Å². The van der Waals surface area contributed by atoms with E-state index in [0.29, 0.717) is 11.7 Å². The van der Waals surface area contributed by atoms with Crippen molar-refractivity contribution in [2.75, 3.05) is 11.1 Å². The molecule has 1 saturated carbocycles. The fourth-order valence-corrected chi connectivity index (χ4v) is 2.11.